The van der Waals surface area contributed by atoms with E-state index in [0.717, 1.165) is 17.8 Å². The van der Waals surface area contributed by atoms with Crippen LogP contribution in [0, 0.1) is 5.92 Å². The molecule has 0 saturated carbocycles. The van der Waals surface area contributed by atoms with Crippen molar-refractivity contribution in [1.29, 1.82) is 0 Å². The van der Waals surface area contributed by atoms with Crippen molar-refractivity contribution in [1.82, 2.24) is 9.78 Å². The van der Waals surface area contributed by atoms with E-state index in [1.165, 1.54) is 0 Å². The molecular weight excluding hydrogens is 224 g/mol. The number of aromatic amines is 1. The molecule has 0 spiro atoms. The van der Waals surface area contributed by atoms with Crippen molar-refractivity contribution in [3.05, 3.63) is 21.6 Å². The maximum atomic E-state index is 12.6. The minimum atomic E-state index is -0.127. The normalized spacial score (nSPS) is 13.4. The van der Waals surface area contributed by atoms with E-state index < -0.39 is 0 Å². The highest BCUT2D eigenvalue weighted by molar-refractivity contribution is 5.30. The summed E-state index contributed by atoms with van der Waals surface area (Å²) in [6.07, 6.45) is 0. The molecule has 1 aromatic rings. The summed E-state index contributed by atoms with van der Waals surface area (Å²) >= 11 is 0. The van der Waals surface area contributed by atoms with Gasteiger partial charge in [0.2, 0.25) is 0 Å². The fourth-order valence-corrected chi connectivity index (χ4v) is 2.22. The van der Waals surface area contributed by atoms with Crippen molar-refractivity contribution in [2.24, 2.45) is 5.92 Å². The maximum Gasteiger partial charge on any atom is 0.270 e. The van der Waals surface area contributed by atoms with Gasteiger partial charge in [-0.3, -0.25) is 14.6 Å². The van der Waals surface area contributed by atoms with Gasteiger partial charge in [0.25, 0.3) is 5.56 Å². The van der Waals surface area contributed by atoms with Crippen molar-refractivity contribution in [2.75, 3.05) is 0 Å². The molecule has 1 N–H and O–H groups in total. The highest BCUT2D eigenvalue weighted by Crippen LogP contribution is 2.30. The fraction of sp³-hybridized carbons (Fsp3) is 0.800. The largest absolute Gasteiger partial charge is 0.299 e. The third kappa shape index (κ3) is 3.06. The lowest BCUT2D eigenvalue weighted by Gasteiger charge is -2.24. The Labute approximate surface area is 111 Å². The lowest BCUT2D eigenvalue weighted by atomic mass is 9.79. The molecule has 0 unspecified atom stereocenters. The van der Waals surface area contributed by atoms with Gasteiger partial charge in [-0.05, 0) is 11.3 Å². The third-order valence-corrected chi connectivity index (χ3v) is 3.00. The standard InChI is InChI=1S/C15H28N2O/c1-10(2)9-17-13(18)11(14(3,4)5)12(16-17)15(6,7)8/h10,16H,9H2,1-8H3. The molecule has 0 aliphatic rings. The lowest BCUT2D eigenvalue weighted by Crippen LogP contribution is -2.28. The van der Waals surface area contributed by atoms with Crippen LogP contribution in [-0.2, 0) is 17.4 Å². The van der Waals surface area contributed by atoms with Crippen LogP contribution in [0.3, 0.4) is 0 Å². The zero-order valence-electron chi connectivity index (χ0n) is 13.1. The molecule has 0 saturated heterocycles. The fourth-order valence-electron chi connectivity index (χ4n) is 2.22. The monoisotopic (exact) mass is 252 g/mol. The van der Waals surface area contributed by atoms with Crippen molar-refractivity contribution < 1.29 is 0 Å². The van der Waals surface area contributed by atoms with Crippen LogP contribution in [0.2, 0.25) is 0 Å². The van der Waals surface area contributed by atoms with Gasteiger partial charge < -0.3 is 0 Å². The van der Waals surface area contributed by atoms with Crippen LogP contribution in [0.1, 0.15) is 66.6 Å². The molecule has 0 amide bonds. The predicted molar refractivity (Wildman–Crippen MR) is 77.3 cm³/mol. The second-order valence-corrected chi connectivity index (χ2v) is 7.67. The van der Waals surface area contributed by atoms with Gasteiger partial charge in [0, 0.05) is 23.2 Å². The molecule has 0 bridgehead atoms. The van der Waals surface area contributed by atoms with Crippen LogP contribution in [0.15, 0.2) is 4.79 Å². The Kier molecular flexibility index (Phi) is 3.85. The van der Waals surface area contributed by atoms with E-state index in [9.17, 15) is 4.79 Å². The minimum Gasteiger partial charge on any atom is -0.299 e. The van der Waals surface area contributed by atoms with Gasteiger partial charge in [0.1, 0.15) is 0 Å². The van der Waals surface area contributed by atoms with Gasteiger partial charge >= 0.3 is 0 Å². The number of H-pyrrole nitrogens is 1. The second-order valence-electron chi connectivity index (χ2n) is 7.67. The molecule has 1 aromatic heterocycles. The highest BCUT2D eigenvalue weighted by Gasteiger charge is 2.31. The Morgan fingerprint density at radius 3 is 1.83 bits per heavy atom. The Morgan fingerprint density at radius 2 is 1.56 bits per heavy atom. The summed E-state index contributed by atoms with van der Waals surface area (Å²) in [4.78, 5) is 12.6. The van der Waals surface area contributed by atoms with E-state index in [-0.39, 0.29) is 16.4 Å². The Morgan fingerprint density at radius 1 is 1.06 bits per heavy atom. The summed E-state index contributed by atoms with van der Waals surface area (Å²) < 4.78 is 1.77. The molecule has 1 rings (SSSR count). The van der Waals surface area contributed by atoms with E-state index in [0.29, 0.717) is 5.92 Å². The smallest absolute Gasteiger partial charge is 0.270 e. The van der Waals surface area contributed by atoms with E-state index in [4.69, 9.17) is 0 Å². The first kappa shape index (κ1) is 15.1. The van der Waals surface area contributed by atoms with Crippen LogP contribution >= 0.6 is 0 Å². The average Bonchev–Trinajstić information content (AvgIpc) is 2.41. The van der Waals surface area contributed by atoms with E-state index in [2.05, 4.69) is 60.5 Å². The third-order valence-electron chi connectivity index (χ3n) is 3.00. The summed E-state index contributed by atoms with van der Waals surface area (Å²) in [5, 5.41) is 3.33. The Hall–Kier alpha value is -0.990. The number of nitrogens with zero attached hydrogens (tertiary/aromatic N) is 1. The Balaban J connectivity index is 3.48. The first-order valence-corrected chi connectivity index (χ1v) is 6.78. The van der Waals surface area contributed by atoms with Gasteiger partial charge in [0.15, 0.2) is 0 Å². The van der Waals surface area contributed by atoms with Crippen molar-refractivity contribution in [3.63, 3.8) is 0 Å². The van der Waals surface area contributed by atoms with Gasteiger partial charge in [-0.15, -0.1) is 0 Å². The maximum absolute atomic E-state index is 12.6. The quantitative estimate of drug-likeness (QED) is 0.860. The summed E-state index contributed by atoms with van der Waals surface area (Å²) in [7, 11) is 0. The van der Waals surface area contributed by atoms with Crippen molar-refractivity contribution in [2.45, 2.75) is 72.8 Å². The van der Waals surface area contributed by atoms with Gasteiger partial charge in [-0.1, -0.05) is 55.4 Å². The van der Waals surface area contributed by atoms with Gasteiger partial charge in [-0.2, -0.15) is 0 Å². The molecule has 0 aliphatic carbocycles. The molecule has 0 aliphatic heterocycles. The summed E-state index contributed by atoms with van der Waals surface area (Å²) in [6.45, 7) is 17.7. The zero-order valence-corrected chi connectivity index (χ0v) is 13.1. The van der Waals surface area contributed by atoms with Gasteiger partial charge in [0.05, 0.1) is 0 Å². The number of hydrogen-bond donors (Lipinski definition) is 1. The van der Waals surface area contributed by atoms with Crippen LogP contribution in [-0.4, -0.2) is 9.78 Å². The number of nitrogens with one attached hydrogen (secondary N) is 1. The number of hydrogen-bond acceptors (Lipinski definition) is 1. The average molecular weight is 252 g/mol. The van der Waals surface area contributed by atoms with E-state index >= 15 is 0 Å². The first-order valence-electron chi connectivity index (χ1n) is 6.78. The molecule has 104 valence electrons. The number of rotatable bonds is 2. The summed E-state index contributed by atoms with van der Waals surface area (Å²) in [6, 6.07) is 0. The number of aromatic nitrogens is 2. The molecule has 0 aromatic carbocycles. The first-order chi connectivity index (χ1) is 7.94. The molecule has 3 heteroatoms. The Bertz CT molecular complexity index is 464. The SMILES string of the molecule is CC(C)Cn1[nH]c(C(C)(C)C)c(C(C)(C)C)c1=O. The molecule has 0 radical (unpaired) electrons. The second kappa shape index (κ2) is 4.60. The minimum absolute atomic E-state index is 0.0377. The molecule has 3 nitrogen and oxygen atoms in total. The van der Waals surface area contributed by atoms with Crippen molar-refractivity contribution >= 4 is 0 Å². The molecule has 0 atom stereocenters. The molecule has 18 heavy (non-hydrogen) atoms. The lowest BCUT2D eigenvalue weighted by molar-refractivity contribution is 0.457. The molecule has 1 heterocycles. The van der Waals surface area contributed by atoms with E-state index in [1.54, 1.807) is 4.68 Å². The van der Waals surface area contributed by atoms with Crippen LogP contribution < -0.4 is 5.56 Å². The van der Waals surface area contributed by atoms with Crippen molar-refractivity contribution in [3.8, 4) is 0 Å². The topological polar surface area (TPSA) is 37.8 Å². The van der Waals surface area contributed by atoms with Crippen LogP contribution in [0.5, 0.6) is 0 Å². The van der Waals surface area contributed by atoms with E-state index in [1.807, 2.05) is 0 Å². The zero-order chi connectivity index (χ0) is 14.3. The summed E-state index contributed by atoms with van der Waals surface area (Å²) in [5.74, 6) is 0.460. The van der Waals surface area contributed by atoms with Crippen LogP contribution in [0.4, 0.5) is 0 Å². The predicted octanol–water partition coefficient (Wildman–Crippen LogP) is 3.43. The molecule has 0 fully saturated rings. The summed E-state index contributed by atoms with van der Waals surface area (Å²) in [5.41, 5.74) is 1.97. The molecular formula is C15H28N2O. The van der Waals surface area contributed by atoms with Gasteiger partial charge in [-0.25, -0.2) is 0 Å². The highest BCUT2D eigenvalue weighted by atomic mass is 16.1. The van der Waals surface area contributed by atoms with Crippen LogP contribution in [0.25, 0.3) is 0 Å².